The lowest BCUT2D eigenvalue weighted by atomic mass is 10.4. The predicted molar refractivity (Wildman–Crippen MR) is 46.0 cm³/mol. The van der Waals surface area contributed by atoms with Gasteiger partial charge in [-0.2, -0.15) is 0 Å². The zero-order valence-electron chi connectivity index (χ0n) is 5.63. The third-order valence-electron chi connectivity index (χ3n) is 0.592. The standard InChI is InChI=1S/C7H11NS/c1-7(2)6-9-5-4-8-3/h4-5H,1,3,6H2,2H3/b5-4-. The topological polar surface area (TPSA) is 12.4 Å². The Balaban J connectivity index is 3.19. The summed E-state index contributed by atoms with van der Waals surface area (Å²) in [6, 6.07) is 0. The largest absolute Gasteiger partial charge is 0.272 e. The first kappa shape index (κ1) is 8.50. The third kappa shape index (κ3) is 7.50. The van der Waals surface area contributed by atoms with Gasteiger partial charge in [0.05, 0.1) is 0 Å². The number of hydrogen-bond acceptors (Lipinski definition) is 2. The van der Waals surface area contributed by atoms with Crippen LogP contribution in [0.4, 0.5) is 0 Å². The van der Waals surface area contributed by atoms with Crippen LogP contribution in [0.3, 0.4) is 0 Å². The summed E-state index contributed by atoms with van der Waals surface area (Å²) in [6.45, 7) is 9.06. The molecule has 0 aliphatic heterocycles. The van der Waals surface area contributed by atoms with Crippen molar-refractivity contribution in [1.82, 2.24) is 0 Å². The van der Waals surface area contributed by atoms with Crippen LogP contribution < -0.4 is 0 Å². The highest BCUT2D eigenvalue weighted by atomic mass is 32.2. The molecule has 0 heterocycles. The molecule has 0 saturated carbocycles. The number of rotatable bonds is 4. The molecular formula is C7H11NS. The molecule has 1 nitrogen and oxygen atoms in total. The molecule has 0 aromatic heterocycles. The van der Waals surface area contributed by atoms with Gasteiger partial charge in [-0.05, 0) is 19.0 Å². The van der Waals surface area contributed by atoms with Crippen LogP contribution in [0.5, 0.6) is 0 Å². The Morgan fingerprint density at radius 3 is 2.89 bits per heavy atom. The fourth-order valence-corrected chi connectivity index (χ4v) is 0.829. The summed E-state index contributed by atoms with van der Waals surface area (Å²) < 4.78 is 0. The van der Waals surface area contributed by atoms with Gasteiger partial charge in [-0.25, -0.2) is 0 Å². The van der Waals surface area contributed by atoms with Crippen molar-refractivity contribution < 1.29 is 0 Å². The monoisotopic (exact) mass is 141 g/mol. The maximum Gasteiger partial charge on any atom is 0.0323 e. The minimum Gasteiger partial charge on any atom is -0.272 e. The first-order valence-corrected chi connectivity index (χ1v) is 3.69. The minimum absolute atomic E-state index is 0.964. The van der Waals surface area contributed by atoms with Gasteiger partial charge in [-0.3, -0.25) is 4.99 Å². The number of hydrogen-bond donors (Lipinski definition) is 0. The minimum atomic E-state index is 0.964. The quantitative estimate of drug-likeness (QED) is 0.433. The molecular weight excluding hydrogens is 130 g/mol. The van der Waals surface area contributed by atoms with E-state index < -0.39 is 0 Å². The van der Waals surface area contributed by atoms with Crippen LogP contribution in [-0.4, -0.2) is 12.5 Å². The van der Waals surface area contributed by atoms with Gasteiger partial charge in [0, 0.05) is 12.0 Å². The van der Waals surface area contributed by atoms with E-state index in [1.165, 1.54) is 5.57 Å². The van der Waals surface area contributed by atoms with Crippen molar-refractivity contribution in [3.63, 3.8) is 0 Å². The molecule has 9 heavy (non-hydrogen) atoms. The first-order valence-electron chi connectivity index (χ1n) is 2.64. The molecule has 0 saturated heterocycles. The van der Waals surface area contributed by atoms with E-state index in [2.05, 4.69) is 18.3 Å². The number of nitrogens with zero attached hydrogens (tertiary/aromatic N) is 1. The Morgan fingerprint density at radius 1 is 1.78 bits per heavy atom. The number of aliphatic imine (C=N–C) groups is 1. The summed E-state index contributed by atoms with van der Waals surface area (Å²) in [6.07, 6.45) is 1.67. The smallest absolute Gasteiger partial charge is 0.0323 e. The Bertz CT molecular complexity index is 127. The van der Waals surface area contributed by atoms with Crippen LogP contribution in [0.2, 0.25) is 0 Å². The SMILES string of the molecule is C=N/C=C\SCC(=C)C. The molecule has 2 heteroatoms. The van der Waals surface area contributed by atoms with E-state index in [0.717, 1.165) is 5.75 Å². The normalized spacial score (nSPS) is 9.89. The molecule has 0 fully saturated rings. The second kappa shape index (κ2) is 5.63. The van der Waals surface area contributed by atoms with E-state index in [1.807, 2.05) is 12.3 Å². The second-order valence-electron chi connectivity index (χ2n) is 1.74. The van der Waals surface area contributed by atoms with E-state index >= 15 is 0 Å². The average molecular weight is 141 g/mol. The molecule has 0 bridgehead atoms. The Hall–Kier alpha value is -0.500. The van der Waals surface area contributed by atoms with Gasteiger partial charge in [0.25, 0.3) is 0 Å². The molecule has 50 valence electrons. The predicted octanol–water partition coefficient (Wildman–Crippen LogP) is 2.47. The summed E-state index contributed by atoms with van der Waals surface area (Å²) in [5.74, 6) is 0.964. The Morgan fingerprint density at radius 2 is 2.44 bits per heavy atom. The highest BCUT2D eigenvalue weighted by molar-refractivity contribution is 8.02. The van der Waals surface area contributed by atoms with Gasteiger partial charge in [0.2, 0.25) is 0 Å². The van der Waals surface area contributed by atoms with Crippen molar-refractivity contribution in [3.8, 4) is 0 Å². The Labute approximate surface area is 60.6 Å². The summed E-state index contributed by atoms with van der Waals surface area (Å²) in [4.78, 5) is 3.55. The van der Waals surface area contributed by atoms with Gasteiger partial charge >= 0.3 is 0 Å². The molecule has 0 aliphatic rings. The molecule has 0 rings (SSSR count). The third-order valence-corrected chi connectivity index (χ3v) is 1.57. The van der Waals surface area contributed by atoms with Crippen molar-refractivity contribution in [3.05, 3.63) is 23.8 Å². The average Bonchev–Trinajstić information content (AvgIpc) is 1.80. The van der Waals surface area contributed by atoms with E-state index in [4.69, 9.17) is 0 Å². The van der Waals surface area contributed by atoms with Crippen molar-refractivity contribution in [2.24, 2.45) is 4.99 Å². The van der Waals surface area contributed by atoms with Crippen molar-refractivity contribution in [2.75, 3.05) is 5.75 Å². The summed E-state index contributed by atoms with van der Waals surface area (Å²) in [7, 11) is 0. The van der Waals surface area contributed by atoms with E-state index in [1.54, 1.807) is 18.0 Å². The van der Waals surface area contributed by atoms with Gasteiger partial charge < -0.3 is 0 Å². The first-order chi connectivity index (χ1) is 4.27. The van der Waals surface area contributed by atoms with Crippen LogP contribution in [0.1, 0.15) is 6.92 Å². The zero-order valence-corrected chi connectivity index (χ0v) is 6.45. The fraction of sp³-hybridized carbons (Fsp3) is 0.286. The van der Waals surface area contributed by atoms with Crippen molar-refractivity contribution in [1.29, 1.82) is 0 Å². The maximum absolute atomic E-state index is 3.75. The van der Waals surface area contributed by atoms with Crippen molar-refractivity contribution in [2.45, 2.75) is 6.92 Å². The Kier molecular flexibility index (Phi) is 5.32. The maximum atomic E-state index is 3.75. The van der Waals surface area contributed by atoms with E-state index in [0.29, 0.717) is 0 Å². The molecule has 0 radical (unpaired) electrons. The molecule has 0 aliphatic carbocycles. The number of thioether (sulfide) groups is 1. The van der Waals surface area contributed by atoms with Crippen molar-refractivity contribution >= 4 is 18.5 Å². The van der Waals surface area contributed by atoms with Crippen LogP contribution in [0.25, 0.3) is 0 Å². The molecule has 0 spiro atoms. The molecule has 0 amide bonds. The lowest BCUT2D eigenvalue weighted by molar-refractivity contribution is 1.44. The van der Waals surface area contributed by atoms with E-state index in [9.17, 15) is 0 Å². The van der Waals surface area contributed by atoms with Crippen LogP contribution >= 0.6 is 11.8 Å². The van der Waals surface area contributed by atoms with Gasteiger partial charge in [0.15, 0.2) is 0 Å². The van der Waals surface area contributed by atoms with Crippen LogP contribution in [0.15, 0.2) is 28.8 Å². The zero-order chi connectivity index (χ0) is 7.11. The van der Waals surface area contributed by atoms with E-state index in [-0.39, 0.29) is 0 Å². The fourth-order valence-electron chi connectivity index (χ4n) is 0.276. The highest BCUT2D eigenvalue weighted by Gasteiger charge is 1.80. The van der Waals surface area contributed by atoms with Gasteiger partial charge in [0.1, 0.15) is 0 Å². The second-order valence-corrected chi connectivity index (χ2v) is 2.63. The summed E-state index contributed by atoms with van der Waals surface area (Å²) in [5, 5.41) is 1.90. The van der Waals surface area contributed by atoms with Gasteiger partial charge in [-0.1, -0.05) is 12.2 Å². The molecule has 0 unspecified atom stereocenters. The van der Waals surface area contributed by atoms with Gasteiger partial charge in [-0.15, -0.1) is 11.8 Å². The molecule has 0 aromatic rings. The lowest BCUT2D eigenvalue weighted by Gasteiger charge is -1.89. The highest BCUT2D eigenvalue weighted by Crippen LogP contribution is 2.05. The molecule has 0 N–H and O–H groups in total. The molecule has 0 atom stereocenters. The lowest BCUT2D eigenvalue weighted by Crippen LogP contribution is -1.72. The van der Waals surface area contributed by atoms with Crippen LogP contribution in [-0.2, 0) is 0 Å². The summed E-state index contributed by atoms with van der Waals surface area (Å²) >= 11 is 1.67. The van der Waals surface area contributed by atoms with Crippen LogP contribution in [0, 0.1) is 0 Å². The molecule has 0 aromatic carbocycles. The summed E-state index contributed by atoms with van der Waals surface area (Å²) in [5.41, 5.74) is 1.17.